The third-order valence-corrected chi connectivity index (χ3v) is 4.20. The van der Waals surface area contributed by atoms with Gasteiger partial charge < -0.3 is 4.74 Å². The molecule has 1 aromatic heterocycles. The summed E-state index contributed by atoms with van der Waals surface area (Å²) in [6.45, 7) is 0. The molecule has 0 atom stereocenters. The summed E-state index contributed by atoms with van der Waals surface area (Å²) in [4.78, 5) is 11.8. The Balaban J connectivity index is 1.62. The number of halogens is 3. The molecule has 0 aliphatic heterocycles. The lowest BCUT2D eigenvalue weighted by molar-refractivity contribution is -0.137. The normalized spacial score (nSPS) is 21.5. The van der Waals surface area contributed by atoms with E-state index in [1.807, 2.05) is 0 Å². The van der Waals surface area contributed by atoms with Gasteiger partial charge in [0, 0.05) is 12.3 Å². The minimum Gasteiger partial charge on any atom is -0.490 e. The van der Waals surface area contributed by atoms with E-state index < -0.39 is 11.7 Å². The topological polar surface area (TPSA) is 44.1 Å². The van der Waals surface area contributed by atoms with Gasteiger partial charge in [-0.25, -0.2) is 4.68 Å². The second kappa shape index (κ2) is 6.67. The highest BCUT2D eigenvalue weighted by Gasteiger charge is 2.31. The molecule has 1 saturated carbocycles. The van der Waals surface area contributed by atoms with Crippen LogP contribution in [0.15, 0.2) is 47.4 Å². The van der Waals surface area contributed by atoms with Crippen LogP contribution in [0.3, 0.4) is 0 Å². The number of ether oxygens (including phenoxy) is 1. The maximum Gasteiger partial charge on any atom is 0.416 e. The standard InChI is InChI=1S/C17H17F3N2O2/c18-17(19,20)12-3-1-4-15(11-12)24-14-8-6-13(7-9-14)22-16(23)5-2-10-21-22/h1-5,10-11,13-14H,6-9H2. The Morgan fingerprint density at radius 1 is 1.08 bits per heavy atom. The molecule has 0 radical (unpaired) electrons. The fourth-order valence-corrected chi connectivity index (χ4v) is 2.99. The lowest BCUT2D eigenvalue weighted by Gasteiger charge is -2.29. The molecular formula is C17H17F3N2O2. The molecule has 1 aliphatic rings. The number of alkyl halides is 3. The lowest BCUT2D eigenvalue weighted by atomic mass is 9.93. The SMILES string of the molecule is O=c1cccnn1C1CCC(Oc2cccc(C(F)(F)F)c2)CC1. The fourth-order valence-electron chi connectivity index (χ4n) is 2.99. The van der Waals surface area contributed by atoms with Crippen LogP contribution < -0.4 is 10.3 Å². The first-order valence-electron chi connectivity index (χ1n) is 7.81. The van der Waals surface area contributed by atoms with Gasteiger partial charge in [0.15, 0.2) is 0 Å². The Labute approximate surface area is 136 Å². The van der Waals surface area contributed by atoms with Crippen LogP contribution in [0, 0.1) is 0 Å². The molecule has 2 aromatic rings. The van der Waals surface area contributed by atoms with Gasteiger partial charge in [-0.2, -0.15) is 18.3 Å². The van der Waals surface area contributed by atoms with Crippen molar-refractivity contribution in [2.45, 2.75) is 44.0 Å². The molecule has 0 bridgehead atoms. The summed E-state index contributed by atoms with van der Waals surface area (Å²) >= 11 is 0. The molecular weight excluding hydrogens is 321 g/mol. The summed E-state index contributed by atoms with van der Waals surface area (Å²) in [7, 11) is 0. The molecule has 0 saturated heterocycles. The smallest absolute Gasteiger partial charge is 0.416 e. The summed E-state index contributed by atoms with van der Waals surface area (Å²) < 4.78 is 45.4. The van der Waals surface area contributed by atoms with Crippen molar-refractivity contribution in [3.05, 3.63) is 58.5 Å². The van der Waals surface area contributed by atoms with Crippen molar-refractivity contribution in [2.75, 3.05) is 0 Å². The van der Waals surface area contributed by atoms with Crippen LogP contribution in [-0.2, 0) is 6.18 Å². The highest BCUT2D eigenvalue weighted by Crippen LogP contribution is 2.33. The molecule has 0 unspecified atom stereocenters. The van der Waals surface area contributed by atoms with Crippen molar-refractivity contribution < 1.29 is 17.9 Å². The van der Waals surface area contributed by atoms with Crippen LogP contribution in [0.25, 0.3) is 0 Å². The number of rotatable bonds is 3. The summed E-state index contributed by atoms with van der Waals surface area (Å²) in [5, 5.41) is 4.09. The van der Waals surface area contributed by atoms with E-state index in [2.05, 4.69) is 5.10 Å². The molecule has 24 heavy (non-hydrogen) atoms. The third-order valence-electron chi connectivity index (χ3n) is 4.20. The van der Waals surface area contributed by atoms with Crippen LogP contribution in [0.1, 0.15) is 37.3 Å². The lowest BCUT2D eigenvalue weighted by Crippen LogP contribution is -2.32. The third kappa shape index (κ3) is 3.77. The first kappa shape index (κ1) is 16.5. The van der Waals surface area contributed by atoms with Crippen LogP contribution in [-0.4, -0.2) is 15.9 Å². The van der Waals surface area contributed by atoms with E-state index in [-0.39, 0.29) is 23.5 Å². The largest absolute Gasteiger partial charge is 0.490 e. The van der Waals surface area contributed by atoms with Crippen molar-refractivity contribution in [1.82, 2.24) is 9.78 Å². The van der Waals surface area contributed by atoms with Gasteiger partial charge in [0.05, 0.1) is 17.7 Å². The molecule has 0 amide bonds. The maximum atomic E-state index is 12.7. The molecule has 1 heterocycles. The van der Waals surface area contributed by atoms with E-state index in [0.717, 1.165) is 12.1 Å². The monoisotopic (exact) mass is 338 g/mol. The molecule has 7 heteroatoms. The Morgan fingerprint density at radius 2 is 1.83 bits per heavy atom. The number of aromatic nitrogens is 2. The highest BCUT2D eigenvalue weighted by atomic mass is 19.4. The minimum atomic E-state index is -4.38. The first-order valence-corrected chi connectivity index (χ1v) is 7.81. The first-order chi connectivity index (χ1) is 11.4. The van der Waals surface area contributed by atoms with Gasteiger partial charge in [0.25, 0.3) is 5.56 Å². The number of hydrogen-bond acceptors (Lipinski definition) is 3. The Morgan fingerprint density at radius 3 is 2.50 bits per heavy atom. The van der Waals surface area contributed by atoms with E-state index in [9.17, 15) is 18.0 Å². The maximum absolute atomic E-state index is 12.7. The van der Waals surface area contributed by atoms with E-state index >= 15 is 0 Å². The zero-order chi connectivity index (χ0) is 17.2. The van der Waals surface area contributed by atoms with E-state index in [4.69, 9.17) is 4.74 Å². The van der Waals surface area contributed by atoms with E-state index in [0.29, 0.717) is 25.7 Å². The summed E-state index contributed by atoms with van der Waals surface area (Å²) in [5.74, 6) is 0.225. The highest BCUT2D eigenvalue weighted by molar-refractivity contribution is 5.30. The van der Waals surface area contributed by atoms with Gasteiger partial charge in [0.1, 0.15) is 5.75 Å². The number of hydrogen-bond donors (Lipinski definition) is 0. The van der Waals surface area contributed by atoms with Crippen LogP contribution >= 0.6 is 0 Å². The van der Waals surface area contributed by atoms with Crippen molar-refractivity contribution in [3.63, 3.8) is 0 Å². The Hall–Kier alpha value is -2.31. The quantitative estimate of drug-likeness (QED) is 0.854. The second-order valence-corrected chi connectivity index (χ2v) is 5.88. The van der Waals surface area contributed by atoms with Gasteiger partial charge in [0.2, 0.25) is 0 Å². The van der Waals surface area contributed by atoms with Crippen molar-refractivity contribution >= 4 is 0 Å². The van der Waals surface area contributed by atoms with Crippen LogP contribution in [0.5, 0.6) is 5.75 Å². The van der Waals surface area contributed by atoms with Gasteiger partial charge in [-0.05, 0) is 49.9 Å². The fraction of sp³-hybridized carbons (Fsp3) is 0.412. The van der Waals surface area contributed by atoms with Crippen molar-refractivity contribution in [3.8, 4) is 5.75 Å². The van der Waals surface area contributed by atoms with E-state index in [1.165, 1.54) is 22.9 Å². The predicted octanol–water partition coefficient (Wildman–Crippen LogP) is 3.82. The second-order valence-electron chi connectivity index (χ2n) is 5.88. The summed E-state index contributed by atoms with van der Waals surface area (Å²) in [6, 6.07) is 8.01. The molecule has 4 nitrogen and oxygen atoms in total. The predicted molar refractivity (Wildman–Crippen MR) is 81.9 cm³/mol. The van der Waals surface area contributed by atoms with Crippen LogP contribution in [0.2, 0.25) is 0 Å². The Bertz CT molecular complexity index is 750. The zero-order valence-electron chi connectivity index (χ0n) is 12.9. The van der Waals surface area contributed by atoms with E-state index in [1.54, 1.807) is 12.3 Å². The molecule has 1 fully saturated rings. The number of benzene rings is 1. The minimum absolute atomic E-state index is 0.0139. The van der Waals surface area contributed by atoms with Gasteiger partial charge in [-0.1, -0.05) is 6.07 Å². The summed E-state index contributed by atoms with van der Waals surface area (Å²) in [6.07, 6.45) is -0.192. The number of nitrogens with zero attached hydrogens (tertiary/aromatic N) is 2. The van der Waals surface area contributed by atoms with Crippen molar-refractivity contribution in [2.24, 2.45) is 0 Å². The van der Waals surface area contributed by atoms with Crippen LogP contribution in [0.4, 0.5) is 13.2 Å². The molecule has 3 rings (SSSR count). The molecule has 1 aliphatic carbocycles. The average Bonchev–Trinajstić information content (AvgIpc) is 2.56. The zero-order valence-corrected chi connectivity index (χ0v) is 12.9. The van der Waals surface area contributed by atoms with Crippen molar-refractivity contribution in [1.29, 1.82) is 0 Å². The molecule has 1 aromatic carbocycles. The molecule has 128 valence electrons. The summed E-state index contributed by atoms with van der Waals surface area (Å²) in [5.41, 5.74) is -0.853. The molecule has 0 N–H and O–H groups in total. The Kier molecular flexibility index (Phi) is 4.59. The van der Waals surface area contributed by atoms with Gasteiger partial charge in [-0.3, -0.25) is 4.79 Å². The van der Waals surface area contributed by atoms with Gasteiger partial charge >= 0.3 is 6.18 Å². The van der Waals surface area contributed by atoms with Gasteiger partial charge in [-0.15, -0.1) is 0 Å². The molecule has 0 spiro atoms. The average molecular weight is 338 g/mol.